The number of nitrogens with one attached hydrogen (secondary N) is 1. The lowest BCUT2D eigenvalue weighted by Crippen LogP contribution is -2.27. The number of carbonyl (C=O) groups excluding carboxylic acids is 2. The highest BCUT2D eigenvalue weighted by Gasteiger charge is 2.19. The second-order valence-electron chi connectivity index (χ2n) is 8.17. The fraction of sp³-hybridized carbons (Fsp3) is 0.259. The highest BCUT2D eigenvalue weighted by Crippen LogP contribution is 2.23. The van der Waals surface area contributed by atoms with E-state index in [4.69, 9.17) is 4.74 Å². The minimum Gasteiger partial charge on any atom is -0.493 e. The molecule has 5 heteroatoms. The molecule has 0 spiro atoms. The maximum Gasteiger partial charge on any atom is 0.259 e. The summed E-state index contributed by atoms with van der Waals surface area (Å²) in [5.41, 5.74) is 2.39. The molecular formula is C27H30N2O3. The molecular weight excluding hydrogens is 400 g/mol. The largest absolute Gasteiger partial charge is 0.493 e. The molecule has 0 aromatic heterocycles. The fourth-order valence-electron chi connectivity index (χ4n) is 3.29. The first-order valence-corrected chi connectivity index (χ1v) is 10.9. The Bertz CT molecular complexity index is 1050. The van der Waals surface area contributed by atoms with Gasteiger partial charge in [-0.15, -0.1) is 0 Å². The minimum atomic E-state index is -0.309. The molecule has 0 saturated heterocycles. The van der Waals surface area contributed by atoms with E-state index in [0.29, 0.717) is 41.6 Å². The number of ether oxygens (including phenoxy) is 1. The van der Waals surface area contributed by atoms with Gasteiger partial charge in [0.05, 0.1) is 23.4 Å². The van der Waals surface area contributed by atoms with Crippen LogP contribution in [0.3, 0.4) is 0 Å². The Balaban J connectivity index is 1.75. The van der Waals surface area contributed by atoms with Crippen LogP contribution in [0.15, 0.2) is 78.9 Å². The van der Waals surface area contributed by atoms with Gasteiger partial charge < -0.3 is 15.0 Å². The van der Waals surface area contributed by atoms with E-state index in [9.17, 15) is 9.59 Å². The van der Waals surface area contributed by atoms with Gasteiger partial charge in [-0.1, -0.05) is 68.4 Å². The number of hydrogen-bond donors (Lipinski definition) is 1. The van der Waals surface area contributed by atoms with Gasteiger partial charge >= 0.3 is 0 Å². The zero-order valence-electron chi connectivity index (χ0n) is 18.9. The molecule has 3 aromatic carbocycles. The van der Waals surface area contributed by atoms with E-state index in [0.717, 1.165) is 12.0 Å². The van der Waals surface area contributed by atoms with E-state index >= 15 is 0 Å². The van der Waals surface area contributed by atoms with Crippen LogP contribution in [-0.4, -0.2) is 30.4 Å². The van der Waals surface area contributed by atoms with E-state index in [2.05, 4.69) is 19.2 Å². The summed E-state index contributed by atoms with van der Waals surface area (Å²) in [4.78, 5) is 27.8. The summed E-state index contributed by atoms with van der Waals surface area (Å²) >= 11 is 0. The molecule has 0 aliphatic rings. The molecule has 0 unspecified atom stereocenters. The van der Waals surface area contributed by atoms with Crippen molar-refractivity contribution in [2.75, 3.05) is 19.0 Å². The second kappa shape index (κ2) is 11.1. The molecule has 0 heterocycles. The topological polar surface area (TPSA) is 58.6 Å². The molecule has 32 heavy (non-hydrogen) atoms. The van der Waals surface area contributed by atoms with Gasteiger partial charge in [0.2, 0.25) is 0 Å². The standard InChI is InChI=1S/C27H30N2O3/c1-20(2)17-18-32-25-16-10-8-14-23(25)26(30)28-24-15-9-7-13-22(24)27(31)29(3)19-21-11-5-4-6-12-21/h4-16,20H,17-19H2,1-3H3,(H,28,30). The maximum absolute atomic E-state index is 13.1. The minimum absolute atomic E-state index is 0.161. The predicted molar refractivity (Wildman–Crippen MR) is 128 cm³/mol. The van der Waals surface area contributed by atoms with Crippen molar-refractivity contribution in [3.05, 3.63) is 95.6 Å². The molecule has 3 rings (SSSR count). The molecule has 0 aliphatic carbocycles. The van der Waals surface area contributed by atoms with Gasteiger partial charge in [0.15, 0.2) is 0 Å². The summed E-state index contributed by atoms with van der Waals surface area (Å²) in [6, 6.07) is 24.0. The van der Waals surface area contributed by atoms with Gasteiger partial charge in [-0.2, -0.15) is 0 Å². The van der Waals surface area contributed by atoms with Crippen molar-refractivity contribution in [3.63, 3.8) is 0 Å². The Morgan fingerprint density at radius 3 is 2.22 bits per heavy atom. The first-order chi connectivity index (χ1) is 15.5. The van der Waals surface area contributed by atoms with Crippen LogP contribution < -0.4 is 10.1 Å². The fourth-order valence-corrected chi connectivity index (χ4v) is 3.29. The summed E-state index contributed by atoms with van der Waals surface area (Å²) in [7, 11) is 1.76. The lowest BCUT2D eigenvalue weighted by Gasteiger charge is -2.20. The van der Waals surface area contributed by atoms with Crippen molar-refractivity contribution in [1.82, 2.24) is 4.90 Å². The lowest BCUT2D eigenvalue weighted by atomic mass is 10.1. The summed E-state index contributed by atoms with van der Waals surface area (Å²) in [5.74, 6) is 0.583. The number of rotatable bonds is 9. The Labute approximate surface area is 190 Å². The molecule has 5 nitrogen and oxygen atoms in total. The Morgan fingerprint density at radius 2 is 1.50 bits per heavy atom. The zero-order valence-corrected chi connectivity index (χ0v) is 18.9. The number of nitrogens with zero attached hydrogens (tertiary/aromatic N) is 1. The van der Waals surface area contributed by atoms with E-state index < -0.39 is 0 Å². The number of hydrogen-bond acceptors (Lipinski definition) is 3. The van der Waals surface area contributed by atoms with Crippen LogP contribution in [0, 0.1) is 5.92 Å². The van der Waals surface area contributed by atoms with E-state index in [-0.39, 0.29) is 11.8 Å². The molecule has 3 aromatic rings. The van der Waals surface area contributed by atoms with Crippen LogP contribution in [0.4, 0.5) is 5.69 Å². The Kier molecular flexibility index (Phi) is 8.03. The summed E-state index contributed by atoms with van der Waals surface area (Å²) < 4.78 is 5.85. The summed E-state index contributed by atoms with van der Waals surface area (Å²) in [6.07, 6.45) is 0.904. The van der Waals surface area contributed by atoms with Crippen molar-refractivity contribution in [1.29, 1.82) is 0 Å². The molecule has 0 bridgehead atoms. The van der Waals surface area contributed by atoms with Crippen LogP contribution in [0.25, 0.3) is 0 Å². The van der Waals surface area contributed by atoms with Gasteiger partial charge in [0.25, 0.3) is 11.8 Å². The van der Waals surface area contributed by atoms with Gasteiger partial charge in [-0.05, 0) is 42.2 Å². The van der Waals surface area contributed by atoms with E-state index in [1.807, 2.05) is 36.4 Å². The number of benzene rings is 3. The molecule has 0 atom stereocenters. The first-order valence-electron chi connectivity index (χ1n) is 10.9. The SMILES string of the molecule is CC(C)CCOc1ccccc1C(=O)Nc1ccccc1C(=O)N(C)Cc1ccccc1. The third kappa shape index (κ3) is 6.20. The van der Waals surface area contributed by atoms with Crippen LogP contribution >= 0.6 is 0 Å². The first kappa shape index (κ1) is 23.1. The number of anilines is 1. The summed E-state index contributed by atoms with van der Waals surface area (Å²) in [6.45, 7) is 5.28. The van der Waals surface area contributed by atoms with Crippen molar-refractivity contribution >= 4 is 17.5 Å². The average molecular weight is 431 g/mol. The Hall–Kier alpha value is -3.60. The molecule has 2 amide bonds. The van der Waals surface area contributed by atoms with Gasteiger partial charge in [0.1, 0.15) is 5.75 Å². The highest BCUT2D eigenvalue weighted by atomic mass is 16.5. The second-order valence-corrected chi connectivity index (χ2v) is 8.17. The normalized spacial score (nSPS) is 10.6. The van der Waals surface area contributed by atoms with Crippen LogP contribution in [0.1, 0.15) is 46.5 Å². The lowest BCUT2D eigenvalue weighted by molar-refractivity contribution is 0.0786. The molecule has 0 fully saturated rings. The number of para-hydroxylation sites is 2. The molecule has 0 radical (unpaired) electrons. The van der Waals surface area contributed by atoms with E-state index in [1.165, 1.54) is 0 Å². The number of amides is 2. The smallest absolute Gasteiger partial charge is 0.259 e. The monoisotopic (exact) mass is 430 g/mol. The quantitative estimate of drug-likeness (QED) is 0.478. The molecule has 0 saturated carbocycles. The van der Waals surface area contributed by atoms with Crippen molar-refractivity contribution in [3.8, 4) is 5.75 Å². The zero-order chi connectivity index (χ0) is 22.9. The van der Waals surface area contributed by atoms with Crippen LogP contribution in [0.2, 0.25) is 0 Å². The molecule has 0 aliphatic heterocycles. The maximum atomic E-state index is 13.1. The van der Waals surface area contributed by atoms with Crippen molar-refractivity contribution in [2.45, 2.75) is 26.8 Å². The highest BCUT2D eigenvalue weighted by molar-refractivity contribution is 6.10. The van der Waals surface area contributed by atoms with Crippen molar-refractivity contribution < 1.29 is 14.3 Å². The molecule has 1 N–H and O–H groups in total. The molecule has 166 valence electrons. The average Bonchev–Trinajstić information content (AvgIpc) is 2.79. The third-order valence-electron chi connectivity index (χ3n) is 5.10. The van der Waals surface area contributed by atoms with Crippen LogP contribution in [-0.2, 0) is 6.54 Å². The van der Waals surface area contributed by atoms with Gasteiger partial charge in [-0.25, -0.2) is 0 Å². The summed E-state index contributed by atoms with van der Waals surface area (Å²) in [5, 5.41) is 2.90. The van der Waals surface area contributed by atoms with Gasteiger partial charge in [0, 0.05) is 13.6 Å². The van der Waals surface area contributed by atoms with Crippen molar-refractivity contribution in [2.24, 2.45) is 5.92 Å². The predicted octanol–water partition coefficient (Wildman–Crippen LogP) is 5.64. The third-order valence-corrected chi connectivity index (χ3v) is 5.10. The van der Waals surface area contributed by atoms with E-state index in [1.54, 1.807) is 54.4 Å². The Morgan fingerprint density at radius 1 is 0.875 bits per heavy atom. The van der Waals surface area contributed by atoms with Crippen LogP contribution in [0.5, 0.6) is 5.75 Å². The number of carbonyl (C=O) groups is 2. The van der Waals surface area contributed by atoms with Gasteiger partial charge in [-0.3, -0.25) is 9.59 Å².